The summed E-state index contributed by atoms with van der Waals surface area (Å²) < 4.78 is 0. The third-order valence-electron chi connectivity index (χ3n) is 2.01. The Morgan fingerprint density at radius 3 is 1.55 bits per heavy atom. The van der Waals surface area contributed by atoms with Crippen LogP contribution in [0.1, 0.15) is 6.92 Å². The first-order valence-electron chi connectivity index (χ1n) is 5.60. The summed E-state index contributed by atoms with van der Waals surface area (Å²) >= 11 is 0. The summed E-state index contributed by atoms with van der Waals surface area (Å²) in [6.07, 6.45) is 0. The molecule has 0 saturated heterocycles. The van der Waals surface area contributed by atoms with E-state index >= 15 is 0 Å². The van der Waals surface area contributed by atoms with Gasteiger partial charge in [0.25, 0.3) is 0 Å². The van der Waals surface area contributed by atoms with Gasteiger partial charge in [0.15, 0.2) is 0 Å². The van der Waals surface area contributed by atoms with Gasteiger partial charge >= 0.3 is 107 Å². The molecule has 0 aliphatic heterocycles. The molecule has 0 aromatic heterocycles. The number of carbonyl (C=O) groups is 3. The molecule has 9 nitrogen and oxygen atoms in total. The predicted octanol–water partition coefficient (Wildman–Crippen LogP) is -3.15. The third kappa shape index (κ3) is 19.3. The molecule has 0 radical (unpaired) electrons. The second-order valence-electron chi connectivity index (χ2n) is 3.67. The monoisotopic (exact) mass is 350 g/mol. The van der Waals surface area contributed by atoms with Crippen molar-refractivity contribution < 1.29 is 34.5 Å². The average Bonchev–Trinajstić information content (AvgIpc) is 2.23. The third-order valence-corrected chi connectivity index (χ3v) is 2.01. The Morgan fingerprint density at radius 2 is 1.23 bits per heavy atom. The van der Waals surface area contributed by atoms with Crippen LogP contribution in [0.4, 0.5) is 0 Å². The van der Waals surface area contributed by atoms with Gasteiger partial charge in [-0.05, 0) is 6.92 Å². The van der Waals surface area contributed by atoms with Crippen molar-refractivity contribution in [2.24, 2.45) is 0 Å². The molecule has 0 saturated carbocycles. The van der Waals surface area contributed by atoms with E-state index in [0.717, 1.165) is 5.06 Å². The zero-order valence-electron chi connectivity index (χ0n) is 10.6. The molecule has 116 valence electrons. The van der Waals surface area contributed by atoms with Crippen molar-refractivity contribution in [2.45, 2.75) is 6.92 Å². The van der Waals surface area contributed by atoms with Crippen LogP contribution in [-0.2, 0) is 19.2 Å². The first-order chi connectivity index (χ1) is 8.85. The van der Waals surface area contributed by atoms with Crippen molar-refractivity contribution in [3.63, 3.8) is 0 Å². The van der Waals surface area contributed by atoms with E-state index in [4.69, 9.17) is 20.2 Å². The van der Waals surface area contributed by atoms with Gasteiger partial charge in [-0.1, -0.05) is 0 Å². The number of hydrogen-bond acceptors (Lipinski definition) is 6. The van der Waals surface area contributed by atoms with Crippen LogP contribution in [0.15, 0.2) is 0 Å². The Balaban J connectivity index is -0.000000540. The second kappa shape index (κ2) is 18.6. The molecule has 12 heteroatoms. The molecule has 0 aliphatic rings. The van der Waals surface area contributed by atoms with Crippen LogP contribution >= 0.6 is 0 Å². The van der Waals surface area contributed by atoms with Crippen LogP contribution in [0.2, 0.25) is 0 Å². The predicted molar refractivity (Wildman–Crippen MR) is 84.0 cm³/mol. The molecule has 0 amide bonds. The summed E-state index contributed by atoms with van der Waals surface area (Å²) in [5, 5.41) is 27.1. The molecule has 0 unspecified atom stereocenters. The van der Waals surface area contributed by atoms with Crippen molar-refractivity contribution in [3.8, 4) is 0 Å². The molecule has 0 rings (SSSR count). The van der Waals surface area contributed by atoms with Gasteiger partial charge in [0.05, 0.1) is 19.7 Å². The van der Waals surface area contributed by atoms with Crippen LogP contribution in [0, 0.1) is 0 Å². The fourth-order valence-corrected chi connectivity index (χ4v) is 1.37. The van der Waals surface area contributed by atoms with E-state index in [1.807, 2.05) is 0 Å². The van der Waals surface area contributed by atoms with Crippen molar-refractivity contribution in [1.82, 2.24) is 9.96 Å². The summed E-state index contributed by atoms with van der Waals surface area (Å²) in [5.41, 5.74) is 0. The van der Waals surface area contributed by atoms with Gasteiger partial charge in [0.1, 0.15) is 6.54 Å². The van der Waals surface area contributed by atoms with E-state index in [0.29, 0.717) is 0 Å². The van der Waals surface area contributed by atoms with E-state index in [9.17, 15) is 14.4 Å². The second-order valence-corrected chi connectivity index (χ2v) is 3.67. The molecule has 0 spiro atoms. The summed E-state index contributed by atoms with van der Waals surface area (Å²) in [4.78, 5) is 37.9. The normalized spacial score (nSPS) is 9.41. The number of rotatable bonds is 11. The van der Waals surface area contributed by atoms with Crippen LogP contribution in [0.5, 0.6) is 0 Å². The Hall–Kier alpha value is 1.29. The average molecular weight is 350 g/mol. The van der Waals surface area contributed by atoms with Gasteiger partial charge in [-0.25, -0.2) is 0 Å². The molecule has 0 aliphatic carbocycles. The molecule has 0 aromatic rings. The molecule has 22 heavy (non-hydrogen) atoms. The van der Waals surface area contributed by atoms with Gasteiger partial charge < -0.3 is 15.3 Å². The zero-order chi connectivity index (χ0) is 14.8. The van der Waals surface area contributed by atoms with Crippen LogP contribution in [0.25, 0.3) is 0 Å². The molecule has 0 heterocycles. The van der Waals surface area contributed by atoms with Gasteiger partial charge in [-0.3, -0.25) is 24.1 Å². The first-order valence-corrected chi connectivity index (χ1v) is 5.60. The molecule has 0 fully saturated rings. The van der Waals surface area contributed by atoms with E-state index < -0.39 is 31.0 Å². The number of hydrogen-bond donors (Lipinski definition) is 3. The van der Waals surface area contributed by atoms with Gasteiger partial charge in [-0.15, -0.1) is 0 Å². The Labute approximate surface area is 195 Å². The molecule has 3 N–H and O–H groups in total. The zero-order valence-corrected chi connectivity index (χ0v) is 10.6. The van der Waals surface area contributed by atoms with E-state index in [-0.39, 0.29) is 115 Å². The van der Waals surface area contributed by atoms with E-state index in [2.05, 4.69) is 0 Å². The topological polar surface area (TPSA) is 128 Å². The molecule has 0 bridgehead atoms. The Kier molecular flexibility index (Phi) is 26.3. The minimum absolute atomic E-state index is 0. The van der Waals surface area contributed by atoms with E-state index in [1.165, 1.54) is 4.90 Å². The minimum atomic E-state index is -1.15. The number of carboxylic acid groups (broad SMARTS) is 3. The van der Waals surface area contributed by atoms with Gasteiger partial charge in [-0.2, -0.15) is 5.06 Å². The van der Waals surface area contributed by atoms with E-state index in [1.54, 1.807) is 6.92 Å². The number of nitrogens with zero attached hydrogens (tertiary/aromatic N) is 2. The van der Waals surface area contributed by atoms with Gasteiger partial charge in [0.2, 0.25) is 0 Å². The Morgan fingerprint density at radius 1 is 0.818 bits per heavy atom. The summed E-state index contributed by atoms with van der Waals surface area (Å²) in [5.74, 6) is -3.39. The quantitative estimate of drug-likeness (QED) is 0.261. The summed E-state index contributed by atoms with van der Waals surface area (Å²) in [6.45, 7) is 0.902. The fourth-order valence-electron chi connectivity index (χ4n) is 1.37. The van der Waals surface area contributed by atoms with Crippen molar-refractivity contribution in [2.75, 3.05) is 39.3 Å². The van der Waals surface area contributed by atoms with Crippen molar-refractivity contribution in [1.29, 1.82) is 0 Å². The number of aliphatic carboxylic acids is 3. The maximum atomic E-state index is 10.6. The number of carboxylic acids is 3. The number of hydroxylamine groups is 2. The molecule has 0 aromatic carbocycles. The summed E-state index contributed by atoms with van der Waals surface area (Å²) in [6, 6.07) is 0. The van der Waals surface area contributed by atoms with Gasteiger partial charge in [0, 0.05) is 13.1 Å². The van der Waals surface area contributed by atoms with Crippen LogP contribution < -0.4 is 0 Å². The standard InChI is InChI=1S/C10H18N2O7.3Na.3H/c1-2-19-12(7-10(17)18)4-3-11(5-8(13)14)6-9(15)16;;;;;;/h2-7H2,1H3,(H,13,14)(H,15,16)(H,17,18);;;;;;. The SMILES string of the molecule is CCON(CCN(CC(=O)O)CC(=O)O)CC(=O)O.[NaH].[NaH].[NaH]. The van der Waals surface area contributed by atoms with Crippen LogP contribution in [-0.4, -0.2) is 171 Å². The molecule has 0 atom stereocenters. The molecular formula is C10H21N2Na3O7. The summed E-state index contributed by atoms with van der Waals surface area (Å²) in [7, 11) is 0. The maximum absolute atomic E-state index is 10.6. The first kappa shape index (κ1) is 31.1. The van der Waals surface area contributed by atoms with Crippen molar-refractivity contribution in [3.05, 3.63) is 0 Å². The van der Waals surface area contributed by atoms with Crippen molar-refractivity contribution >= 4 is 107 Å². The molecular weight excluding hydrogens is 329 g/mol. The fraction of sp³-hybridized carbons (Fsp3) is 0.700. The van der Waals surface area contributed by atoms with Crippen LogP contribution in [0.3, 0.4) is 0 Å². The Bertz CT molecular complexity index is 318.